The quantitative estimate of drug-likeness (QED) is 0.330. The number of nitrogens with zero attached hydrogens (tertiary/aromatic N) is 3. The average molecular weight is 450 g/mol. The van der Waals surface area contributed by atoms with E-state index >= 15 is 0 Å². The van der Waals surface area contributed by atoms with Crippen LogP contribution in [-0.2, 0) is 19.6 Å². The van der Waals surface area contributed by atoms with Gasteiger partial charge in [-0.1, -0.05) is 30.3 Å². The molecule has 0 aliphatic rings. The molecule has 0 aliphatic heterocycles. The van der Waals surface area contributed by atoms with Gasteiger partial charge < -0.3 is 13.9 Å². The van der Waals surface area contributed by atoms with Crippen molar-refractivity contribution >= 4 is 11.3 Å². The van der Waals surface area contributed by atoms with Crippen molar-refractivity contribution in [2.24, 2.45) is 0 Å². The van der Waals surface area contributed by atoms with Crippen LogP contribution < -0.4 is 9.47 Å². The SMILES string of the molecule is COc1ccc(-c2nc(CN(Cc3ccccc3)Cc3scnc3C)c(C)o2)c(OC)c1. The van der Waals surface area contributed by atoms with Crippen molar-refractivity contribution in [3.8, 4) is 23.0 Å². The van der Waals surface area contributed by atoms with Crippen molar-refractivity contribution in [2.75, 3.05) is 14.2 Å². The highest BCUT2D eigenvalue weighted by molar-refractivity contribution is 7.09. The van der Waals surface area contributed by atoms with Crippen LogP contribution in [0, 0.1) is 13.8 Å². The Hall–Kier alpha value is -3.16. The molecule has 0 saturated carbocycles. The summed E-state index contributed by atoms with van der Waals surface area (Å²) in [5.41, 5.74) is 5.95. The van der Waals surface area contributed by atoms with Gasteiger partial charge >= 0.3 is 0 Å². The molecule has 0 N–H and O–H groups in total. The molecule has 0 atom stereocenters. The molecule has 2 heterocycles. The lowest BCUT2D eigenvalue weighted by Crippen LogP contribution is -2.23. The number of benzene rings is 2. The molecule has 0 bridgehead atoms. The Morgan fingerprint density at radius 1 is 0.969 bits per heavy atom. The van der Waals surface area contributed by atoms with Crippen LogP contribution in [0.5, 0.6) is 11.5 Å². The van der Waals surface area contributed by atoms with E-state index in [2.05, 4.69) is 41.1 Å². The first-order chi connectivity index (χ1) is 15.6. The summed E-state index contributed by atoms with van der Waals surface area (Å²) in [5, 5.41) is 0. The molecule has 7 heteroatoms. The van der Waals surface area contributed by atoms with Crippen molar-refractivity contribution in [1.29, 1.82) is 0 Å². The van der Waals surface area contributed by atoms with E-state index in [0.717, 1.165) is 41.6 Å². The van der Waals surface area contributed by atoms with Gasteiger partial charge in [0.15, 0.2) is 0 Å². The summed E-state index contributed by atoms with van der Waals surface area (Å²) in [6.45, 7) is 6.30. The van der Waals surface area contributed by atoms with Crippen LogP contribution in [0.1, 0.15) is 27.6 Å². The molecular weight excluding hydrogens is 422 g/mol. The third-order valence-electron chi connectivity index (χ3n) is 5.37. The lowest BCUT2D eigenvalue weighted by molar-refractivity contribution is 0.245. The Balaban J connectivity index is 1.61. The molecule has 4 aromatic rings. The third-order valence-corrected chi connectivity index (χ3v) is 6.29. The summed E-state index contributed by atoms with van der Waals surface area (Å²) in [5.74, 6) is 2.74. The second-order valence-electron chi connectivity index (χ2n) is 7.58. The van der Waals surface area contributed by atoms with Crippen LogP contribution in [0.25, 0.3) is 11.5 Å². The monoisotopic (exact) mass is 449 g/mol. The summed E-state index contributed by atoms with van der Waals surface area (Å²) in [7, 11) is 3.27. The van der Waals surface area contributed by atoms with E-state index in [4.69, 9.17) is 18.9 Å². The number of rotatable bonds is 9. The van der Waals surface area contributed by atoms with Crippen LogP contribution >= 0.6 is 11.3 Å². The zero-order valence-electron chi connectivity index (χ0n) is 18.8. The van der Waals surface area contributed by atoms with Crippen LogP contribution in [-0.4, -0.2) is 29.1 Å². The Bertz CT molecular complexity index is 1170. The van der Waals surface area contributed by atoms with Gasteiger partial charge in [0, 0.05) is 30.6 Å². The first-order valence-electron chi connectivity index (χ1n) is 10.4. The average Bonchev–Trinajstić information content (AvgIpc) is 3.38. The molecule has 6 nitrogen and oxygen atoms in total. The normalized spacial score (nSPS) is 11.2. The van der Waals surface area contributed by atoms with E-state index in [1.165, 1.54) is 10.4 Å². The maximum Gasteiger partial charge on any atom is 0.230 e. The zero-order chi connectivity index (χ0) is 22.5. The summed E-state index contributed by atoms with van der Waals surface area (Å²) >= 11 is 1.69. The predicted octanol–water partition coefficient (Wildman–Crippen LogP) is 5.63. The summed E-state index contributed by atoms with van der Waals surface area (Å²) in [6, 6.07) is 16.1. The number of oxazole rings is 1. The van der Waals surface area contributed by atoms with Crippen LogP contribution in [0.2, 0.25) is 0 Å². The van der Waals surface area contributed by atoms with Gasteiger partial charge in [0.1, 0.15) is 17.3 Å². The number of hydrogen-bond donors (Lipinski definition) is 0. The Morgan fingerprint density at radius 2 is 1.78 bits per heavy atom. The predicted molar refractivity (Wildman–Crippen MR) is 126 cm³/mol. The van der Waals surface area contributed by atoms with Gasteiger partial charge in [-0.2, -0.15) is 0 Å². The maximum absolute atomic E-state index is 6.06. The minimum Gasteiger partial charge on any atom is -0.497 e. The van der Waals surface area contributed by atoms with Gasteiger partial charge in [0.05, 0.1) is 36.7 Å². The van der Waals surface area contributed by atoms with Gasteiger partial charge in [-0.05, 0) is 31.5 Å². The van der Waals surface area contributed by atoms with E-state index < -0.39 is 0 Å². The molecule has 2 aromatic heterocycles. The minimum absolute atomic E-state index is 0.547. The molecule has 0 amide bonds. The molecule has 166 valence electrons. The highest BCUT2D eigenvalue weighted by atomic mass is 32.1. The maximum atomic E-state index is 6.06. The molecule has 0 spiro atoms. The van der Waals surface area contributed by atoms with E-state index in [0.29, 0.717) is 18.2 Å². The molecule has 4 rings (SSSR count). The van der Waals surface area contributed by atoms with E-state index in [1.807, 2.05) is 36.7 Å². The molecule has 0 aliphatic carbocycles. The first kappa shape index (κ1) is 22.0. The topological polar surface area (TPSA) is 60.6 Å². The number of thiazole rings is 1. The fourth-order valence-electron chi connectivity index (χ4n) is 3.57. The van der Waals surface area contributed by atoms with E-state index in [9.17, 15) is 0 Å². The van der Waals surface area contributed by atoms with Gasteiger partial charge in [-0.25, -0.2) is 9.97 Å². The molecule has 2 aromatic carbocycles. The molecule has 0 fully saturated rings. The number of methoxy groups -OCH3 is 2. The second-order valence-corrected chi connectivity index (χ2v) is 8.52. The fraction of sp³-hybridized carbons (Fsp3) is 0.280. The molecule has 0 radical (unpaired) electrons. The second kappa shape index (κ2) is 9.97. The molecule has 32 heavy (non-hydrogen) atoms. The van der Waals surface area contributed by atoms with Crippen LogP contribution in [0.4, 0.5) is 0 Å². The van der Waals surface area contributed by atoms with Crippen LogP contribution in [0.3, 0.4) is 0 Å². The molecular formula is C25H27N3O3S. The fourth-order valence-corrected chi connectivity index (χ4v) is 4.39. The lowest BCUT2D eigenvalue weighted by Gasteiger charge is -2.21. The van der Waals surface area contributed by atoms with Crippen molar-refractivity contribution in [3.05, 3.63) is 81.6 Å². The molecule has 0 saturated heterocycles. The van der Waals surface area contributed by atoms with Crippen molar-refractivity contribution in [1.82, 2.24) is 14.9 Å². The Kier molecular flexibility index (Phi) is 6.87. The van der Waals surface area contributed by atoms with Crippen LogP contribution in [0.15, 0.2) is 58.5 Å². The minimum atomic E-state index is 0.547. The van der Waals surface area contributed by atoms with Crippen molar-refractivity contribution in [3.63, 3.8) is 0 Å². The largest absolute Gasteiger partial charge is 0.497 e. The smallest absolute Gasteiger partial charge is 0.230 e. The third kappa shape index (κ3) is 5.00. The number of hydrogen-bond acceptors (Lipinski definition) is 7. The van der Waals surface area contributed by atoms with Gasteiger partial charge in [0.2, 0.25) is 5.89 Å². The van der Waals surface area contributed by atoms with Gasteiger partial charge in [0.25, 0.3) is 0 Å². The van der Waals surface area contributed by atoms with Gasteiger partial charge in [-0.15, -0.1) is 11.3 Å². The first-order valence-corrected chi connectivity index (χ1v) is 11.3. The Labute approximate surface area is 192 Å². The number of aromatic nitrogens is 2. The summed E-state index contributed by atoms with van der Waals surface area (Å²) in [4.78, 5) is 12.9. The summed E-state index contributed by atoms with van der Waals surface area (Å²) in [6.07, 6.45) is 0. The number of aryl methyl sites for hydroxylation is 2. The zero-order valence-corrected chi connectivity index (χ0v) is 19.6. The molecule has 0 unspecified atom stereocenters. The standard InChI is InChI=1S/C25H27N3O3S/c1-17-24(32-16-26-17)15-28(13-19-8-6-5-7-9-19)14-22-18(2)31-25(27-22)21-11-10-20(29-3)12-23(21)30-4/h5-12,16H,13-15H2,1-4H3. The van der Waals surface area contributed by atoms with Gasteiger partial charge in [-0.3, -0.25) is 4.90 Å². The highest BCUT2D eigenvalue weighted by Crippen LogP contribution is 2.34. The van der Waals surface area contributed by atoms with Crippen molar-refractivity contribution in [2.45, 2.75) is 33.5 Å². The highest BCUT2D eigenvalue weighted by Gasteiger charge is 2.19. The Morgan fingerprint density at radius 3 is 2.47 bits per heavy atom. The number of ether oxygens (including phenoxy) is 2. The lowest BCUT2D eigenvalue weighted by atomic mass is 10.2. The van der Waals surface area contributed by atoms with Crippen molar-refractivity contribution < 1.29 is 13.9 Å². The summed E-state index contributed by atoms with van der Waals surface area (Å²) < 4.78 is 16.9. The van der Waals surface area contributed by atoms with E-state index in [1.54, 1.807) is 25.6 Å². The van der Waals surface area contributed by atoms with E-state index in [-0.39, 0.29) is 0 Å².